The normalized spacial score (nSPS) is 13.7. The molecule has 1 nitrogen and oxygen atoms in total. The van der Waals surface area contributed by atoms with E-state index in [-0.39, 0.29) is 0 Å². The highest BCUT2D eigenvalue weighted by Gasteiger charge is 2.50. The van der Waals surface area contributed by atoms with Crippen LogP contribution in [0.2, 0.25) is 0 Å². The average Bonchev–Trinajstić information content (AvgIpc) is 3.34. The fourth-order valence-corrected chi connectivity index (χ4v) is 6.95. The number of para-hydroxylation sites is 1. The van der Waals surface area contributed by atoms with Crippen molar-refractivity contribution in [3.63, 3.8) is 0 Å². The van der Waals surface area contributed by atoms with Gasteiger partial charge in [-0.2, -0.15) is 0 Å². The van der Waals surface area contributed by atoms with Gasteiger partial charge in [0.2, 0.25) is 0 Å². The first-order valence-electron chi connectivity index (χ1n) is 13.8. The first kappa shape index (κ1) is 23.4. The van der Waals surface area contributed by atoms with Gasteiger partial charge in [0.25, 0.3) is 0 Å². The van der Waals surface area contributed by atoms with Gasteiger partial charge in [-0.25, -0.2) is 0 Å². The molecule has 2 heterocycles. The minimum atomic E-state index is -1.51. The highest BCUT2D eigenvalue weighted by Crippen LogP contribution is 2.37. The first-order valence-corrected chi connectivity index (χ1v) is 13.8. The molecule has 2 heteroatoms. The van der Waals surface area contributed by atoms with Crippen LogP contribution in [0.1, 0.15) is 22.4 Å². The summed E-state index contributed by atoms with van der Waals surface area (Å²) < 4.78 is 2.63. The van der Waals surface area contributed by atoms with Crippen molar-refractivity contribution >= 4 is 39.7 Å². The van der Waals surface area contributed by atoms with Gasteiger partial charge in [-0.15, -0.1) is 16.4 Å². The van der Waals surface area contributed by atoms with Crippen LogP contribution < -0.4 is 15.4 Å². The Balaban J connectivity index is 1.66. The topological polar surface area (TPSA) is 3.88 Å². The van der Waals surface area contributed by atoms with E-state index in [1.165, 1.54) is 60.8 Å². The Morgan fingerprint density at radius 3 is 1.67 bits per heavy atom. The molecule has 0 bridgehead atoms. The number of benzene rings is 5. The molecule has 186 valence electrons. The molecule has 1 aliphatic rings. The molecule has 0 spiro atoms. The van der Waals surface area contributed by atoms with Crippen LogP contribution in [0.15, 0.2) is 140 Å². The van der Waals surface area contributed by atoms with E-state index in [4.69, 9.17) is 0 Å². The Morgan fingerprint density at radius 1 is 0.513 bits per heavy atom. The van der Waals surface area contributed by atoms with Crippen molar-refractivity contribution in [3.05, 3.63) is 162 Å². The number of nitrogens with zero attached hydrogens (tertiary/aromatic N) is 1. The number of rotatable bonds is 4. The Hall–Kier alpha value is -4.69. The van der Waals surface area contributed by atoms with Crippen molar-refractivity contribution in [2.24, 2.45) is 0 Å². The van der Waals surface area contributed by atoms with E-state index in [9.17, 15) is 0 Å². The molecule has 1 aromatic heterocycles. The molecule has 0 aliphatic carbocycles. The summed E-state index contributed by atoms with van der Waals surface area (Å²) in [5, 5.41) is 1.27. The Bertz CT molecular complexity index is 1800. The van der Waals surface area contributed by atoms with Gasteiger partial charge in [0, 0.05) is 23.1 Å². The van der Waals surface area contributed by atoms with Crippen molar-refractivity contribution < 1.29 is 4.48 Å². The van der Waals surface area contributed by atoms with Gasteiger partial charge in [-0.1, -0.05) is 138 Å². The summed E-state index contributed by atoms with van der Waals surface area (Å²) in [6, 6.07) is 51.3. The number of hydrogen-bond acceptors (Lipinski definition) is 0. The first-order chi connectivity index (χ1) is 19.2. The van der Waals surface area contributed by atoms with Gasteiger partial charge in [0.1, 0.15) is 0 Å². The van der Waals surface area contributed by atoms with Crippen molar-refractivity contribution in [1.29, 1.82) is 0 Å². The fraction of sp³-hybridized carbons (Fsp3) is 0.0541. The molecule has 5 aromatic carbocycles. The number of aryl methyl sites for hydroxylation is 2. The smallest absolute Gasteiger partial charge is 0.361 e. The Morgan fingerprint density at radius 2 is 1.05 bits per heavy atom. The van der Waals surface area contributed by atoms with Crippen LogP contribution in [0.5, 0.6) is 0 Å². The Kier molecular flexibility index (Phi) is 5.56. The monoisotopic (exact) mass is 499 g/mol. The summed E-state index contributed by atoms with van der Waals surface area (Å²) in [4.78, 5) is 0. The van der Waals surface area contributed by atoms with E-state index in [0.717, 1.165) is 0 Å². The van der Waals surface area contributed by atoms with Crippen molar-refractivity contribution in [2.75, 3.05) is 0 Å². The lowest BCUT2D eigenvalue weighted by Gasteiger charge is -2.36. The van der Waals surface area contributed by atoms with Gasteiger partial charge in [0.15, 0.2) is 11.2 Å². The summed E-state index contributed by atoms with van der Waals surface area (Å²) in [5.41, 5.74) is 12.8. The van der Waals surface area contributed by atoms with E-state index in [2.05, 4.69) is 164 Å². The van der Waals surface area contributed by atoms with Crippen LogP contribution in [0.25, 0.3) is 33.6 Å². The van der Waals surface area contributed by atoms with E-state index in [1.807, 2.05) is 0 Å². The summed E-state index contributed by atoms with van der Waals surface area (Å²) >= 11 is 0. The van der Waals surface area contributed by atoms with Crippen molar-refractivity contribution in [3.8, 4) is 11.1 Å². The zero-order valence-corrected chi connectivity index (χ0v) is 22.4. The Labute approximate surface area is 230 Å². The molecule has 0 fully saturated rings. The molecule has 6 aromatic rings. The van der Waals surface area contributed by atoms with Crippen molar-refractivity contribution in [1.82, 2.24) is 0 Å². The van der Waals surface area contributed by atoms with Crippen LogP contribution in [-0.2, 0) is 0 Å². The average molecular weight is 499 g/mol. The largest absolute Gasteiger partial charge is 0.402 e. The zero-order chi connectivity index (χ0) is 26.4. The molecular formula is C37H30BN. The van der Waals surface area contributed by atoms with Crippen LogP contribution in [0.4, 0.5) is 0 Å². The van der Waals surface area contributed by atoms with E-state index in [0.29, 0.717) is 0 Å². The standard InChI is InChI=1S/C37H30BN/c1-27-22-28(2)24-30(23-27)35-25-33-26-36(29-14-6-3-7-15-29)38(31-16-8-4-9-17-31,32-18-10-5-11-19-32)39(33)37-21-13-12-20-34(35)37/h3-26H,1-2H3. The number of aromatic nitrogens is 1. The second-order valence-corrected chi connectivity index (χ2v) is 10.9. The second kappa shape index (κ2) is 9.25. The van der Waals surface area contributed by atoms with Crippen LogP contribution in [0.3, 0.4) is 0 Å². The maximum Gasteiger partial charge on any atom is 0.361 e. The molecule has 7 rings (SSSR count). The third kappa shape index (κ3) is 3.67. The molecule has 0 atom stereocenters. The van der Waals surface area contributed by atoms with Crippen molar-refractivity contribution in [2.45, 2.75) is 13.8 Å². The summed E-state index contributed by atoms with van der Waals surface area (Å²) in [6.07, 6.45) is 0.930. The van der Waals surface area contributed by atoms with E-state index in [1.54, 1.807) is 0 Å². The maximum absolute atomic E-state index is 2.63. The molecule has 0 saturated heterocycles. The molecule has 0 N–H and O–H groups in total. The third-order valence-corrected chi connectivity index (χ3v) is 8.37. The lowest BCUT2D eigenvalue weighted by molar-refractivity contribution is -0.508. The second-order valence-electron chi connectivity index (χ2n) is 10.9. The number of hydrogen-bond donors (Lipinski definition) is 0. The molecule has 39 heavy (non-hydrogen) atoms. The highest BCUT2D eigenvalue weighted by atomic mass is 15.0. The SMILES string of the molecule is Cc1cc(C)cc(-c2cc3[n+](c4ccccc24)[B-](c2ccccc2)(c2ccccc2)C(c2ccccc2)=C3)c1. The summed E-state index contributed by atoms with van der Waals surface area (Å²) in [6.45, 7) is 4.38. The van der Waals surface area contributed by atoms with Gasteiger partial charge < -0.3 is 4.48 Å². The summed E-state index contributed by atoms with van der Waals surface area (Å²) in [7, 11) is 0. The maximum atomic E-state index is 2.63. The van der Waals surface area contributed by atoms with Crippen LogP contribution in [-0.4, -0.2) is 6.28 Å². The van der Waals surface area contributed by atoms with E-state index >= 15 is 0 Å². The van der Waals surface area contributed by atoms with Gasteiger partial charge in [0.05, 0.1) is 0 Å². The third-order valence-electron chi connectivity index (χ3n) is 8.37. The fourth-order valence-electron chi connectivity index (χ4n) is 6.95. The predicted molar refractivity (Wildman–Crippen MR) is 167 cm³/mol. The lowest BCUT2D eigenvalue weighted by Crippen LogP contribution is -2.78. The molecule has 0 radical (unpaired) electrons. The lowest BCUT2D eigenvalue weighted by atomic mass is 9.23. The minimum absolute atomic E-state index is 1.23. The van der Waals surface area contributed by atoms with Crippen LogP contribution >= 0.6 is 0 Å². The quantitative estimate of drug-likeness (QED) is 0.228. The molecule has 0 saturated carbocycles. The van der Waals surface area contributed by atoms with Gasteiger partial charge in [-0.3, -0.25) is 0 Å². The predicted octanol–water partition coefficient (Wildman–Crippen LogP) is 7.11. The molecule has 0 unspecified atom stereocenters. The van der Waals surface area contributed by atoms with E-state index < -0.39 is 6.28 Å². The van der Waals surface area contributed by atoms with Gasteiger partial charge in [-0.05, 0) is 31.6 Å². The summed E-state index contributed by atoms with van der Waals surface area (Å²) in [5.74, 6) is 0. The molecular weight excluding hydrogens is 469 g/mol. The number of pyridine rings is 1. The van der Waals surface area contributed by atoms with Gasteiger partial charge >= 0.3 is 6.28 Å². The van der Waals surface area contributed by atoms with Crippen LogP contribution in [0, 0.1) is 13.8 Å². The minimum Gasteiger partial charge on any atom is -0.402 e. The number of fused-ring (bicyclic) bond motifs is 3. The molecule has 1 aliphatic heterocycles. The molecule has 0 amide bonds. The highest BCUT2D eigenvalue weighted by molar-refractivity contribution is 7.10. The zero-order valence-electron chi connectivity index (χ0n) is 22.4.